The summed E-state index contributed by atoms with van der Waals surface area (Å²) >= 11 is 0. The van der Waals surface area contributed by atoms with Crippen molar-refractivity contribution in [3.05, 3.63) is 0 Å². The Morgan fingerprint density at radius 3 is 0.164 bits per heavy atom. The van der Waals surface area contributed by atoms with E-state index in [2.05, 4.69) is 332 Å². The van der Waals surface area contributed by atoms with E-state index < -0.39 is 118 Å². The maximum absolute atomic E-state index is 14.2. The summed E-state index contributed by atoms with van der Waals surface area (Å²) in [6.45, 7) is 89.0. The standard InChI is InChI=1S/4C24H60BO3P3.C8H20FP/c4*1-13-29(14-2,15-3,16-4)26-25(27-30(17-5,18-6,19-7)20-8)28-31(21-9,22-10,23-11)24-12;1-5-10(9,6-2,7-3)8-4/h4*13-24H2,1-12H3;5-8H2,1-4H3. The van der Waals surface area contributed by atoms with E-state index in [9.17, 15) is 4.20 Å². The molecule has 0 N–H and O–H groups in total. The molecule has 0 atom stereocenters. The Kier molecular flexibility index (Phi) is 64.4. The van der Waals surface area contributed by atoms with Crippen molar-refractivity contribution in [3.63, 3.8) is 0 Å². The zero-order valence-corrected chi connectivity index (χ0v) is 114. The first-order chi connectivity index (χ1) is 62.4. The van der Waals surface area contributed by atoms with Crippen LogP contribution in [0.1, 0.15) is 360 Å². The predicted molar refractivity (Wildman–Crippen MR) is 675 cm³/mol. The molecule has 30 heteroatoms. The number of rotatable bonds is 76. The van der Waals surface area contributed by atoms with Crippen molar-refractivity contribution in [2.75, 3.05) is 320 Å². The van der Waals surface area contributed by atoms with Gasteiger partial charge in [-0.15, -0.1) is 0 Å². The van der Waals surface area contributed by atoms with Gasteiger partial charge in [0.05, 0.1) is 0 Å². The monoisotopic (exact) mass is 2170 g/mol. The average Bonchev–Trinajstić information content (AvgIpc) is 0.743. The van der Waals surface area contributed by atoms with Crippen LogP contribution in [-0.2, 0) is 53.3 Å². The Labute approximate surface area is 849 Å². The van der Waals surface area contributed by atoms with E-state index in [-0.39, 0.29) is 0 Å². The summed E-state index contributed by atoms with van der Waals surface area (Å²) < 4.78 is 102. The van der Waals surface area contributed by atoms with Gasteiger partial charge in [0.2, 0.25) is 0 Å². The SMILES string of the molecule is CCP(CC)(CC)(CC)OB(OP(CC)(CC)(CC)CC)OP(CC)(CC)(CC)CC.CCP(CC)(CC)(CC)OB(OP(CC)(CC)(CC)CC)OP(CC)(CC)(CC)CC.CCP(CC)(CC)(CC)OB(OP(CC)(CC)(CC)CC)OP(CC)(CC)(CC)CC.CCP(CC)(CC)(CC)OB(OP(CC)(CC)(CC)CC)OP(CC)(CC)(CC)CC.CCP(F)(CC)(CC)CC. The van der Waals surface area contributed by atoms with Crippen molar-refractivity contribution >= 4 is 118 Å². The van der Waals surface area contributed by atoms with Gasteiger partial charge in [-0.25, -0.2) is 0 Å². The van der Waals surface area contributed by atoms with E-state index in [0.717, 1.165) is 320 Å². The second-order valence-electron chi connectivity index (χ2n) is 43.0. The molecular weight excluding hydrogens is 1910 g/mol. The Morgan fingerprint density at radius 2 is 0.142 bits per heavy atom. The topological polar surface area (TPSA) is 111 Å². The third kappa shape index (κ3) is 31.3. The third-order valence-corrected chi connectivity index (χ3v) is 139. The fraction of sp³-hybridized carbons (Fsp3) is 1.00. The van der Waals surface area contributed by atoms with Crippen LogP contribution in [0.25, 0.3) is 0 Å². The van der Waals surface area contributed by atoms with Gasteiger partial charge < -0.3 is 0 Å². The van der Waals surface area contributed by atoms with Gasteiger partial charge in [-0.1, -0.05) is 0 Å². The molecule has 0 aliphatic carbocycles. The van der Waals surface area contributed by atoms with Crippen LogP contribution >= 0.6 is 88.9 Å². The molecule has 0 radical (unpaired) electrons. The molecule has 0 bridgehead atoms. The first-order valence-corrected chi connectivity index (χ1v) is 96.0. The van der Waals surface area contributed by atoms with E-state index in [1.807, 2.05) is 27.7 Å². The summed E-state index contributed by atoms with van der Waals surface area (Å²) in [5, 5.41) is 0. The van der Waals surface area contributed by atoms with Crippen molar-refractivity contribution in [2.24, 2.45) is 0 Å². The fourth-order valence-corrected chi connectivity index (χ4v) is 73.9. The number of halogens is 1. The van der Waals surface area contributed by atoms with E-state index in [1.54, 1.807) is 0 Å². The van der Waals surface area contributed by atoms with E-state index in [0.29, 0.717) is 0 Å². The molecule has 0 rings (SSSR count). The van der Waals surface area contributed by atoms with Gasteiger partial charge in [-0.2, -0.15) is 0 Å². The zero-order valence-electron chi connectivity index (χ0n) is 102. The van der Waals surface area contributed by atoms with Gasteiger partial charge in [0, 0.05) is 0 Å². The molecule has 0 saturated heterocycles. The molecule has 134 heavy (non-hydrogen) atoms. The summed E-state index contributed by atoms with van der Waals surface area (Å²) in [5.74, 6) is 0. The summed E-state index contributed by atoms with van der Waals surface area (Å²) in [5.41, 5.74) is 0. The molecule has 832 valence electrons. The zero-order chi connectivity index (χ0) is 106. The van der Waals surface area contributed by atoms with E-state index >= 15 is 0 Å². The van der Waals surface area contributed by atoms with Gasteiger partial charge in [0.15, 0.2) is 0 Å². The molecule has 0 aromatic carbocycles. The molecule has 0 aromatic rings. The fourth-order valence-electron chi connectivity index (χ4n) is 24.2. The van der Waals surface area contributed by atoms with Gasteiger partial charge in [0.25, 0.3) is 0 Å². The first-order valence-electron chi connectivity index (χ1n) is 58.4. The number of hydrogen-bond acceptors (Lipinski definition) is 12. The van der Waals surface area contributed by atoms with Crippen LogP contribution in [0.3, 0.4) is 0 Å². The van der Waals surface area contributed by atoms with Crippen LogP contribution in [0.2, 0.25) is 0 Å². The van der Waals surface area contributed by atoms with E-state index in [1.165, 1.54) is 0 Å². The third-order valence-electron chi connectivity index (χ3n) is 46.2. The first kappa shape index (κ1) is 148. The summed E-state index contributed by atoms with van der Waals surface area (Å²) in [7, 11) is -2.03. The molecule has 12 nitrogen and oxygen atoms in total. The van der Waals surface area contributed by atoms with Gasteiger partial charge in [0.1, 0.15) is 0 Å². The van der Waals surface area contributed by atoms with Gasteiger partial charge in [-0.05, 0) is 0 Å². The Bertz CT molecular complexity index is 2220. The van der Waals surface area contributed by atoms with Crippen molar-refractivity contribution in [1.82, 2.24) is 0 Å². The molecule has 0 heterocycles. The average molecular weight is 2170 g/mol. The van der Waals surface area contributed by atoms with Crippen LogP contribution in [0.5, 0.6) is 0 Å². The second-order valence-corrected chi connectivity index (χ2v) is 127. The predicted octanol–water partition coefficient (Wildman–Crippen LogP) is 38.2. The van der Waals surface area contributed by atoms with Gasteiger partial charge in [-0.3, -0.25) is 0 Å². The Hall–Kier alpha value is 5.30. The molecule has 0 aliphatic heterocycles. The second kappa shape index (κ2) is 58.4. The van der Waals surface area contributed by atoms with Crippen molar-refractivity contribution in [3.8, 4) is 0 Å². The molecule has 0 aliphatic rings. The maximum atomic E-state index is 14.2. The molecule has 0 amide bonds. The molecule has 0 unspecified atom stereocenters. The van der Waals surface area contributed by atoms with Crippen LogP contribution in [0, 0.1) is 0 Å². The van der Waals surface area contributed by atoms with Crippen LogP contribution < -0.4 is 0 Å². The minimum atomic E-state index is -2.65. The van der Waals surface area contributed by atoms with Crippen LogP contribution in [-0.4, -0.2) is 350 Å². The number of hydrogen-bond donors (Lipinski definition) is 0. The summed E-state index contributed by atoms with van der Waals surface area (Å²) in [6, 6.07) is 0. The normalized spacial score (nSPS) is 17.2. The van der Waals surface area contributed by atoms with E-state index in [4.69, 9.17) is 53.3 Å². The summed E-state index contributed by atoms with van der Waals surface area (Å²) in [4.78, 5) is 0. The minimum absolute atomic E-state index is 0.507. The summed E-state index contributed by atoms with van der Waals surface area (Å²) in [6.07, 6.45) is 56.3. The van der Waals surface area contributed by atoms with Crippen molar-refractivity contribution < 1.29 is 57.5 Å². The molecule has 0 spiro atoms. The van der Waals surface area contributed by atoms with Crippen LogP contribution in [0.4, 0.5) is 4.20 Å². The molecule has 0 aromatic heterocycles. The van der Waals surface area contributed by atoms with Crippen molar-refractivity contribution in [2.45, 2.75) is 360 Å². The molecular formula is C104H260B4FO12P13. The van der Waals surface area contributed by atoms with Crippen LogP contribution in [0.15, 0.2) is 0 Å². The molecule has 0 fully saturated rings. The molecule has 0 saturated carbocycles. The Balaban J connectivity index is -0.000000532. The quantitative estimate of drug-likeness (QED) is 0.0427. The van der Waals surface area contributed by atoms with Gasteiger partial charge >= 0.3 is 856 Å². The Morgan fingerprint density at radius 1 is 0.0970 bits per heavy atom. The van der Waals surface area contributed by atoms with Crippen molar-refractivity contribution in [1.29, 1.82) is 0 Å².